The molecule has 4 N–H and O–H groups in total. The minimum absolute atomic E-state index is 0.0131. The molecule has 0 aliphatic carbocycles. The van der Waals surface area contributed by atoms with Crippen molar-refractivity contribution in [2.24, 2.45) is 5.73 Å². The lowest BCUT2D eigenvalue weighted by atomic mass is 10.0. The average molecular weight is 359 g/mol. The van der Waals surface area contributed by atoms with Crippen LogP contribution >= 0.6 is 0 Å². The summed E-state index contributed by atoms with van der Waals surface area (Å²) in [4.78, 5) is 24.4. The van der Waals surface area contributed by atoms with Gasteiger partial charge in [0.1, 0.15) is 22.6 Å². The first-order valence-electron chi connectivity index (χ1n) is 7.70. The van der Waals surface area contributed by atoms with Gasteiger partial charge in [0.05, 0.1) is 12.7 Å². The van der Waals surface area contributed by atoms with Gasteiger partial charge in [0.25, 0.3) is 0 Å². The number of esters is 1. The van der Waals surface area contributed by atoms with E-state index < -0.39 is 11.9 Å². The molecule has 0 saturated carbocycles. The highest BCUT2D eigenvalue weighted by Gasteiger charge is 2.33. The zero-order valence-electron chi connectivity index (χ0n) is 14.4. The Bertz CT molecular complexity index is 950. The molecule has 8 nitrogen and oxygen atoms in total. The zero-order chi connectivity index (χ0) is 19.2. The van der Waals surface area contributed by atoms with Crippen molar-refractivity contribution in [2.75, 3.05) is 7.11 Å². The monoisotopic (exact) mass is 359 g/mol. The Hall–Kier alpha value is -3.26. The normalized spacial score (nSPS) is 12.4. The van der Waals surface area contributed by atoms with Crippen LogP contribution in [-0.2, 0) is 6.54 Å². The predicted octanol–water partition coefficient (Wildman–Crippen LogP) is 2.50. The van der Waals surface area contributed by atoms with E-state index in [-0.39, 0.29) is 52.0 Å². The second-order valence-corrected chi connectivity index (χ2v) is 5.81. The minimum Gasteiger partial charge on any atom is -0.507 e. The lowest BCUT2D eigenvalue weighted by Gasteiger charge is -2.16. The first-order valence-corrected chi connectivity index (χ1v) is 7.70. The summed E-state index contributed by atoms with van der Waals surface area (Å²) in [7, 11) is 1.38. The Labute approximate surface area is 148 Å². The van der Waals surface area contributed by atoms with Crippen molar-refractivity contribution in [1.29, 1.82) is 0 Å². The van der Waals surface area contributed by atoms with Gasteiger partial charge in [-0.3, -0.25) is 0 Å². The molecule has 0 unspecified atom stereocenters. The summed E-state index contributed by atoms with van der Waals surface area (Å²) in [5, 5.41) is 19.7. The van der Waals surface area contributed by atoms with Crippen LogP contribution in [0.25, 0.3) is 0 Å². The van der Waals surface area contributed by atoms with Gasteiger partial charge in [0.15, 0.2) is 17.2 Å². The topological polar surface area (TPSA) is 128 Å². The van der Waals surface area contributed by atoms with E-state index in [2.05, 4.69) is 0 Å². The zero-order valence-corrected chi connectivity index (χ0v) is 14.4. The van der Waals surface area contributed by atoms with E-state index in [0.29, 0.717) is 11.1 Å². The number of carbonyl (C=O) groups is 2. The lowest BCUT2D eigenvalue weighted by Crippen LogP contribution is -2.12. The number of nitrogens with two attached hydrogens (primary N) is 1. The van der Waals surface area contributed by atoms with Gasteiger partial charge in [-0.2, -0.15) is 0 Å². The largest absolute Gasteiger partial charge is 0.507 e. The molecule has 0 bridgehead atoms. The number of benzene rings is 2. The summed E-state index contributed by atoms with van der Waals surface area (Å²) < 4.78 is 16.4. The number of aromatic hydroxyl groups is 1. The molecular weight excluding hydrogens is 342 g/mol. The highest BCUT2D eigenvalue weighted by Crippen LogP contribution is 2.48. The Morgan fingerprint density at radius 3 is 2.46 bits per heavy atom. The van der Waals surface area contributed by atoms with E-state index in [4.69, 9.17) is 19.9 Å². The highest BCUT2D eigenvalue weighted by atomic mass is 16.6. The van der Waals surface area contributed by atoms with Gasteiger partial charge in [-0.05, 0) is 31.5 Å². The Balaban J connectivity index is 2.38. The van der Waals surface area contributed by atoms with Crippen molar-refractivity contribution in [3.05, 3.63) is 39.9 Å². The summed E-state index contributed by atoms with van der Waals surface area (Å²) >= 11 is 0. The van der Waals surface area contributed by atoms with Crippen LogP contribution in [0.5, 0.6) is 28.7 Å². The van der Waals surface area contributed by atoms with Crippen LogP contribution in [0.4, 0.5) is 0 Å². The maximum atomic E-state index is 12.7. The van der Waals surface area contributed by atoms with Gasteiger partial charge in [0, 0.05) is 12.1 Å². The molecule has 0 fully saturated rings. The second-order valence-electron chi connectivity index (χ2n) is 5.81. The maximum Gasteiger partial charge on any atom is 0.347 e. The van der Waals surface area contributed by atoms with Crippen molar-refractivity contribution in [3.63, 3.8) is 0 Å². The number of carboxylic acid groups (broad SMARTS) is 1. The predicted molar refractivity (Wildman–Crippen MR) is 90.5 cm³/mol. The molecule has 2 aromatic carbocycles. The third-order valence-electron chi connectivity index (χ3n) is 4.25. The first kappa shape index (κ1) is 17.6. The standard InChI is InChI=1S/C18H17NO7/c1-7-4-11(20)10(6-19)15-13(7)18(23)26-14-8(2)12(24-3)5-9(17(21)22)16(14)25-15/h4-5,20H,6,19H2,1-3H3,(H,21,22). The number of phenolic OH excluding ortho intramolecular Hbond substituents is 1. The first-order chi connectivity index (χ1) is 12.3. The van der Waals surface area contributed by atoms with E-state index in [0.717, 1.165) is 0 Å². The van der Waals surface area contributed by atoms with Crippen LogP contribution in [-0.4, -0.2) is 29.3 Å². The van der Waals surface area contributed by atoms with Crippen LogP contribution in [0.1, 0.15) is 37.4 Å². The molecule has 8 heteroatoms. The molecule has 0 amide bonds. The smallest absolute Gasteiger partial charge is 0.347 e. The van der Waals surface area contributed by atoms with Crippen molar-refractivity contribution in [3.8, 4) is 28.7 Å². The third kappa shape index (κ3) is 2.51. The molecule has 3 rings (SSSR count). The Kier molecular flexibility index (Phi) is 4.21. The summed E-state index contributed by atoms with van der Waals surface area (Å²) in [6, 6.07) is 2.67. The van der Waals surface area contributed by atoms with Crippen molar-refractivity contribution in [2.45, 2.75) is 20.4 Å². The molecule has 0 aromatic heterocycles. The maximum absolute atomic E-state index is 12.7. The number of fused-ring (bicyclic) bond motifs is 2. The van der Waals surface area contributed by atoms with E-state index in [1.807, 2.05) is 0 Å². The molecule has 0 radical (unpaired) electrons. The molecule has 0 spiro atoms. The molecule has 1 aliphatic heterocycles. The van der Waals surface area contributed by atoms with Gasteiger partial charge in [-0.15, -0.1) is 0 Å². The number of aromatic carboxylic acids is 1. The molecule has 1 heterocycles. The molecule has 1 aliphatic rings. The van der Waals surface area contributed by atoms with Gasteiger partial charge < -0.3 is 30.2 Å². The number of rotatable bonds is 3. The van der Waals surface area contributed by atoms with Crippen LogP contribution < -0.4 is 19.9 Å². The molecule has 2 aromatic rings. The molecule has 0 atom stereocenters. The molecule has 26 heavy (non-hydrogen) atoms. The van der Waals surface area contributed by atoms with E-state index in [9.17, 15) is 19.8 Å². The van der Waals surface area contributed by atoms with Crippen LogP contribution in [0.2, 0.25) is 0 Å². The number of aryl methyl sites for hydroxylation is 1. The van der Waals surface area contributed by atoms with Crippen LogP contribution in [0.15, 0.2) is 12.1 Å². The van der Waals surface area contributed by atoms with Gasteiger partial charge >= 0.3 is 11.9 Å². The van der Waals surface area contributed by atoms with E-state index in [1.165, 1.54) is 19.2 Å². The lowest BCUT2D eigenvalue weighted by molar-refractivity contribution is 0.0685. The Morgan fingerprint density at radius 2 is 1.88 bits per heavy atom. The fourth-order valence-corrected chi connectivity index (χ4v) is 2.92. The number of carbonyl (C=O) groups excluding carboxylic acids is 1. The molecular formula is C18H17NO7. The highest BCUT2D eigenvalue weighted by molar-refractivity contribution is 6.00. The minimum atomic E-state index is -1.29. The number of phenols is 1. The van der Waals surface area contributed by atoms with Crippen molar-refractivity contribution < 1.29 is 34.0 Å². The number of hydrogen-bond donors (Lipinski definition) is 3. The fraction of sp³-hybridized carbons (Fsp3) is 0.222. The van der Waals surface area contributed by atoms with Gasteiger partial charge in [0.2, 0.25) is 0 Å². The number of carboxylic acids is 1. The molecule has 0 saturated heterocycles. The summed E-state index contributed by atoms with van der Waals surface area (Å²) in [5.41, 5.74) is 6.52. The third-order valence-corrected chi connectivity index (χ3v) is 4.25. The van der Waals surface area contributed by atoms with Crippen molar-refractivity contribution >= 4 is 11.9 Å². The van der Waals surface area contributed by atoms with Gasteiger partial charge in [-0.25, -0.2) is 9.59 Å². The summed E-state index contributed by atoms with van der Waals surface area (Å²) in [6.45, 7) is 3.10. The van der Waals surface area contributed by atoms with E-state index in [1.54, 1.807) is 13.8 Å². The fourth-order valence-electron chi connectivity index (χ4n) is 2.92. The second kappa shape index (κ2) is 6.23. The van der Waals surface area contributed by atoms with E-state index >= 15 is 0 Å². The number of ether oxygens (including phenoxy) is 3. The van der Waals surface area contributed by atoms with Crippen molar-refractivity contribution in [1.82, 2.24) is 0 Å². The number of methoxy groups -OCH3 is 1. The summed E-state index contributed by atoms with van der Waals surface area (Å²) in [5.74, 6) is -2.15. The molecule has 136 valence electrons. The SMILES string of the molecule is COc1cc(C(=O)O)c2c(c1C)OC(=O)c1c(C)cc(O)c(CN)c1O2. The summed E-state index contributed by atoms with van der Waals surface area (Å²) in [6.07, 6.45) is 0. The quantitative estimate of drug-likeness (QED) is 0.563. The van der Waals surface area contributed by atoms with Crippen LogP contribution in [0.3, 0.4) is 0 Å². The Morgan fingerprint density at radius 1 is 1.19 bits per heavy atom. The van der Waals surface area contributed by atoms with Gasteiger partial charge in [-0.1, -0.05) is 0 Å². The average Bonchev–Trinajstić information content (AvgIpc) is 2.72. The van der Waals surface area contributed by atoms with Crippen LogP contribution in [0, 0.1) is 13.8 Å². The number of hydrogen-bond acceptors (Lipinski definition) is 7.